The van der Waals surface area contributed by atoms with Crippen molar-refractivity contribution in [2.24, 2.45) is 0 Å². The van der Waals surface area contributed by atoms with Crippen LogP contribution in [0.3, 0.4) is 0 Å². The molecule has 0 aliphatic carbocycles. The molecule has 0 bridgehead atoms. The Kier molecular flexibility index (Phi) is 4.90. The Morgan fingerprint density at radius 1 is 1.21 bits per heavy atom. The third-order valence-corrected chi connectivity index (χ3v) is 4.29. The smallest absolute Gasteiger partial charge is 0.149 e. The van der Waals surface area contributed by atoms with Crippen LogP contribution in [0.4, 0.5) is 5.69 Å². The van der Waals surface area contributed by atoms with E-state index in [2.05, 4.69) is 20.7 Å². The average Bonchev–Trinajstić information content (AvgIpc) is 2.33. The van der Waals surface area contributed by atoms with Crippen LogP contribution >= 0.6 is 51.1 Å². The fraction of sp³-hybridized carbons (Fsp3) is 0.0769. The van der Waals surface area contributed by atoms with Gasteiger partial charge in [0, 0.05) is 15.2 Å². The van der Waals surface area contributed by atoms with Crippen LogP contribution in [-0.2, 0) is 0 Å². The zero-order valence-corrected chi connectivity index (χ0v) is 13.8. The standard InChI is InChI=1S/C13H10BrCl2NOS/c1-7-4-9(15)2-3-11(7)17-19-12-6-8(14)5-10(16)13(12)18/h2-6,17-18H,1H3. The van der Waals surface area contributed by atoms with Gasteiger partial charge in [0.05, 0.1) is 9.92 Å². The van der Waals surface area contributed by atoms with Crippen molar-refractivity contribution < 1.29 is 5.11 Å². The first-order chi connectivity index (χ1) is 8.97. The molecule has 0 unspecified atom stereocenters. The SMILES string of the molecule is Cc1cc(Cl)ccc1NSc1cc(Br)cc(Cl)c1O. The van der Waals surface area contributed by atoms with Gasteiger partial charge in [0.15, 0.2) is 0 Å². The van der Waals surface area contributed by atoms with Crippen molar-refractivity contribution in [2.45, 2.75) is 11.8 Å². The molecule has 0 radical (unpaired) electrons. The lowest BCUT2D eigenvalue weighted by molar-refractivity contribution is 0.462. The fourth-order valence-corrected chi connectivity index (χ4v) is 3.56. The van der Waals surface area contributed by atoms with Crippen molar-refractivity contribution in [3.63, 3.8) is 0 Å². The first-order valence-electron chi connectivity index (χ1n) is 5.34. The Bertz CT molecular complexity index is 622. The lowest BCUT2D eigenvalue weighted by atomic mass is 10.2. The summed E-state index contributed by atoms with van der Waals surface area (Å²) in [5.41, 5.74) is 1.96. The van der Waals surface area contributed by atoms with Crippen LogP contribution in [0, 0.1) is 6.92 Å². The molecule has 0 saturated carbocycles. The van der Waals surface area contributed by atoms with Crippen molar-refractivity contribution in [2.75, 3.05) is 4.72 Å². The number of hydrogen-bond donors (Lipinski definition) is 2. The second-order valence-corrected chi connectivity index (χ2v) is 6.51. The van der Waals surface area contributed by atoms with Gasteiger partial charge < -0.3 is 9.83 Å². The highest BCUT2D eigenvalue weighted by molar-refractivity contribution is 9.10. The molecule has 0 aliphatic heterocycles. The quantitative estimate of drug-likeness (QED) is 0.653. The van der Waals surface area contributed by atoms with Gasteiger partial charge in [0.25, 0.3) is 0 Å². The normalized spacial score (nSPS) is 10.5. The minimum absolute atomic E-state index is 0.0639. The predicted molar refractivity (Wildman–Crippen MR) is 86.5 cm³/mol. The molecule has 19 heavy (non-hydrogen) atoms. The minimum Gasteiger partial charge on any atom is -0.505 e. The summed E-state index contributed by atoms with van der Waals surface area (Å²) < 4.78 is 3.98. The summed E-state index contributed by atoms with van der Waals surface area (Å²) in [6, 6.07) is 9.02. The molecule has 2 N–H and O–H groups in total. The third kappa shape index (κ3) is 3.72. The largest absolute Gasteiger partial charge is 0.505 e. The van der Waals surface area contributed by atoms with Crippen LogP contribution in [0.25, 0.3) is 0 Å². The highest BCUT2D eigenvalue weighted by Crippen LogP contribution is 2.38. The van der Waals surface area contributed by atoms with Gasteiger partial charge in [0.2, 0.25) is 0 Å². The highest BCUT2D eigenvalue weighted by Gasteiger charge is 2.09. The molecule has 0 spiro atoms. The van der Waals surface area contributed by atoms with Gasteiger partial charge in [-0.25, -0.2) is 0 Å². The molecule has 2 aromatic rings. The zero-order valence-electron chi connectivity index (χ0n) is 9.88. The van der Waals surface area contributed by atoms with Gasteiger partial charge in [-0.15, -0.1) is 0 Å². The van der Waals surface area contributed by atoms with Crippen molar-refractivity contribution >= 4 is 56.8 Å². The molecule has 0 fully saturated rings. The number of aryl methyl sites for hydroxylation is 1. The first kappa shape index (κ1) is 14.9. The number of phenolic OH excluding ortho intramolecular Hbond substituents is 1. The Balaban J connectivity index is 2.19. The number of halogens is 3. The van der Waals surface area contributed by atoms with E-state index in [0.29, 0.717) is 14.9 Å². The lowest BCUT2D eigenvalue weighted by Crippen LogP contribution is -1.90. The summed E-state index contributed by atoms with van der Waals surface area (Å²) in [4.78, 5) is 0.647. The van der Waals surface area contributed by atoms with E-state index in [1.54, 1.807) is 12.1 Å². The van der Waals surface area contributed by atoms with E-state index in [1.165, 1.54) is 11.9 Å². The van der Waals surface area contributed by atoms with Gasteiger partial charge in [-0.05, 0) is 54.8 Å². The molecular formula is C13H10BrCl2NOS. The summed E-state index contributed by atoms with van der Waals surface area (Å²) in [5.74, 6) is 0.0639. The Hall–Kier alpha value is -0.550. The van der Waals surface area contributed by atoms with Crippen LogP contribution in [-0.4, -0.2) is 5.11 Å². The molecule has 0 saturated heterocycles. The number of hydrogen-bond acceptors (Lipinski definition) is 3. The topological polar surface area (TPSA) is 32.3 Å². The highest BCUT2D eigenvalue weighted by atomic mass is 79.9. The van der Waals surface area contributed by atoms with Gasteiger partial charge >= 0.3 is 0 Å². The molecule has 2 aromatic carbocycles. The lowest BCUT2D eigenvalue weighted by Gasteiger charge is -2.11. The summed E-state index contributed by atoms with van der Waals surface area (Å²) in [6.45, 7) is 1.96. The van der Waals surface area contributed by atoms with E-state index >= 15 is 0 Å². The van der Waals surface area contributed by atoms with Crippen molar-refractivity contribution in [3.05, 3.63) is 50.4 Å². The first-order valence-corrected chi connectivity index (χ1v) is 7.71. The summed E-state index contributed by atoms with van der Waals surface area (Å²) in [5, 5.41) is 10.9. The van der Waals surface area contributed by atoms with Crippen LogP contribution in [0.2, 0.25) is 10.0 Å². The van der Waals surface area contributed by atoms with E-state index < -0.39 is 0 Å². The number of aromatic hydroxyl groups is 1. The van der Waals surface area contributed by atoms with E-state index in [-0.39, 0.29) is 5.75 Å². The maximum atomic E-state index is 9.88. The minimum atomic E-state index is 0.0639. The number of rotatable bonds is 3. The van der Waals surface area contributed by atoms with Gasteiger partial charge in [-0.1, -0.05) is 39.1 Å². The third-order valence-electron chi connectivity index (χ3n) is 2.45. The fourth-order valence-electron chi connectivity index (χ4n) is 1.47. The second-order valence-electron chi connectivity index (χ2n) is 3.90. The van der Waals surface area contributed by atoms with Crippen LogP contribution < -0.4 is 4.72 Å². The maximum Gasteiger partial charge on any atom is 0.149 e. The molecule has 2 rings (SSSR count). The summed E-state index contributed by atoms with van der Waals surface area (Å²) in [7, 11) is 0. The van der Waals surface area contributed by atoms with Gasteiger partial charge in [-0.2, -0.15) is 0 Å². The molecule has 6 heteroatoms. The Labute approximate surface area is 134 Å². The van der Waals surface area contributed by atoms with E-state index in [1.807, 2.05) is 25.1 Å². The van der Waals surface area contributed by atoms with E-state index in [9.17, 15) is 5.11 Å². The van der Waals surface area contributed by atoms with Crippen molar-refractivity contribution in [1.29, 1.82) is 0 Å². The number of nitrogens with one attached hydrogen (secondary N) is 1. The predicted octanol–water partition coefficient (Wildman–Crippen LogP) is 5.89. The number of anilines is 1. The van der Waals surface area contributed by atoms with E-state index in [0.717, 1.165) is 15.7 Å². The molecule has 0 aromatic heterocycles. The zero-order chi connectivity index (χ0) is 14.0. The maximum absolute atomic E-state index is 9.88. The molecule has 0 amide bonds. The molecule has 0 atom stereocenters. The Morgan fingerprint density at radius 2 is 1.95 bits per heavy atom. The van der Waals surface area contributed by atoms with Gasteiger partial charge in [0.1, 0.15) is 5.75 Å². The molecule has 0 heterocycles. The molecule has 100 valence electrons. The van der Waals surface area contributed by atoms with Gasteiger partial charge in [-0.3, -0.25) is 0 Å². The van der Waals surface area contributed by atoms with Crippen molar-refractivity contribution in [1.82, 2.24) is 0 Å². The van der Waals surface area contributed by atoms with E-state index in [4.69, 9.17) is 23.2 Å². The van der Waals surface area contributed by atoms with Crippen molar-refractivity contribution in [3.8, 4) is 5.75 Å². The molecular weight excluding hydrogens is 369 g/mol. The second kappa shape index (κ2) is 6.27. The molecule has 2 nitrogen and oxygen atoms in total. The summed E-state index contributed by atoms with van der Waals surface area (Å²) in [6.07, 6.45) is 0. The average molecular weight is 379 g/mol. The molecule has 0 aliphatic rings. The number of phenols is 1. The van der Waals surface area contributed by atoms with Crippen LogP contribution in [0.15, 0.2) is 39.7 Å². The Morgan fingerprint density at radius 3 is 2.63 bits per heavy atom. The van der Waals surface area contributed by atoms with Crippen LogP contribution in [0.5, 0.6) is 5.75 Å². The number of benzene rings is 2. The van der Waals surface area contributed by atoms with Crippen LogP contribution in [0.1, 0.15) is 5.56 Å². The monoisotopic (exact) mass is 377 g/mol. The summed E-state index contributed by atoms with van der Waals surface area (Å²) >= 11 is 16.5.